The molecule has 2 aliphatic rings. The highest BCUT2D eigenvalue weighted by Gasteiger charge is 2.44. The Kier molecular flexibility index (Phi) is 5.68. The van der Waals surface area contributed by atoms with Gasteiger partial charge >= 0.3 is 5.97 Å². The summed E-state index contributed by atoms with van der Waals surface area (Å²) in [4.78, 5) is 50.8. The fraction of sp³-hybridized carbons (Fsp3) is 0.348. The Hall–Kier alpha value is -3.71. The number of hydrogen-bond acceptors (Lipinski definition) is 7. The molecule has 4 rings (SSSR count). The second kappa shape index (κ2) is 8.33. The predicted octanol–water partition coefficient (Wildman–Crippen LogP) is 3.23. The van der Waals surface area contributed by atoms with Gasteiger partial charge in [-0.1, -0.05) is 0 Å². The van der Waals surface area contributed by atoms with Crippen molar-refractivity contribution in [3.63, 3.8) is 0 Å². The molecule has 170 valence electrons. The van der Waals surface area contributed by atoms with Gasteiger partial charge in [-0.05, 0) is 30.7 Å². The summed E-state index contributed by atoms with van der Waals surface area (Å²) in [5.41, 5.74) is 0.550. The summed E-state index contributed by atoms with van der Waals surface area (Å²) in [6.45, 7) is 3.48. The molecule has 3 heterocycles. The van der Waals surface area contributed by atoms with E-state index in [1.807, 2.05) is 6.07 Å². The number of rotatable bonds is 3. The van der Waals surface area contributed by atoms with Crippen LogP contribution in [0, 0.1) is 18.3 Å². The summed E-state index contributed by atoms with van der Waals surface area (Å²) in [6.07, 6.45) is 1.01. The van der Waals surface area contributed by atoms with Gasteiger partial charge in [0.25, 0.3) is 5.91 Å². The zero-order valence-corrected chi connectivity index (χ0v) is 18.9. The third-order valence-electron chi connectivity index (χ3n) is 6.02. The summed E-state index contributed by atoms with van der Waals surface area (Å²) < 4.78 is 6.20. The third kappa shape index (κ3) is 4.07. The monoisotopic (exact) mass is 467 g/mol. The molecule has 9 nitrogen and oxygen atoms in total. The predicted molar refractivity (Wildman–Crippen MR) is 119 cm³/mol. The zero-order valence-electron chi connectivity index (χ0n) is 18.1. The highest BCUT2D eigenvalue weighted by Crippen LogP contribution is 2.41. The van der Waals surface area contributed by atoms with Crippen molar-refractivity contribution >= 4 is 39.9 Å². The smallest absolute Gasteiger partial charge is 0.346 e. The van der Waals surface area contributed by atoms with E-state index in [2.05, 4.69) is 5.32 Å². The Morgan fingerprint density at radius 1 is 1.27 bits per heavy atom. The van der Waals surface area contributed by atoms with Crippen LogP contribution in [-0.2, 0) is 4.79 Å². The van der Waals surface area contributed by atoms with E-state index in [0.717, 1.165) is 11.3 Å². The van der Waals surface area contributed by atoms with Crippen LogP contribution in [-0.4, -0.2) is 52.3 Å². The maximum atomic E-state index is 13.3. The number of likely N-dealkylation sites (tertiary alicyclic amines) is 1. The van der Waals surface area contributed by atoms with Gasteiger partial charge in [-0.2, -0.15) is 5.26 Å². The number of nitriles is 1. The van der Waals surface area contributed by atoms with Crippen LogP contribution in [0.5, 0.6) is 5.75 Å². The van der Waals surface area contributed by atoms with Crippen molar-refractivity contribution in [1.29, 1.82) is 5.26 Å². The van der Waals surface area contributed by atoms with Crippen LogP contribution in [0.15, 0.2) is 18.2 Å². The number of hydrogen-bond donors (Lipinski definition) is 2. The maximum Gasteiger partial charge on any atom is 0.346 e. The van der Waals surface area contributed by atoms with E-state index in [4.69, 9.17) is 10.00 Å². The molecular weight excluding hydrogens is 446 g/mol. The minimum atomic E-state index is -1.16. The molecule has 2 aromatic rings. The second-order valence-corrected chi connectivity index (χ2v) is 9.27. The lowest BCUT2D eigenvalue weighted by atomic mass is 9.82. The normalized spacial score (nSPS) is 16.5. The molecule has 1 aromatic heterocycles. The first-order chi connectivity index (χ1) is 15.6. The number of carboxylic acids is 1. The van der Waals surface area contributed by atoms with E-state index in [0.29, 0.717) is 48.4 Å². The number of Topliss-reactive ketones (excluding diaryl/α,β-unsaturated/α-hetero) is 1. The number of fused-ring (bicyclic) bond motifs is 1. The zero-order chi connectivity index (χ0) is 23.9. The summed E-state index contributed by atoms with van der Waals surface area (Å²) in [5.74, 6) is -1.57. The molecule has 0 atom stereocenters. The number of anilines is 1. The quantitative estimate of drug-likeness (QED) is 0.707. The van der Waals surface area contributed by atoms with Gasteiger partial charge in [-0.15, -0.1) is 11.3 Å². The lowest BCUT2D eigenvalue weighted by Crippen LogP contribution is -2.52. The van der Waals surface area contributed by atoms with Gasteiger partial charge in [0.05, 0.1) is 29.2 Å². The van der Waals surface area contributed by atoms with Crippen LogP contribution in [0.25, 0.3) is 0 Å². The van der Waals surface area contributed by atoms with Gasteiger partial charge in [0, 0.05) is 32.9 Å². The summed E-state index contributed by atoms with van der Waals surface area (Å²) in [5, 5.41) is 21.3. The number of amides is 2. The van der Waals surface area contributed by atoms with Gasteiger partial charge in [-0.25, -0.2) is 4.79 Å². The van der Waals surface area contributed by atoms with Crippen molar-refractivity contribution in [2.45, 2.75) is 38.7 Å². The molecule has 33 heavy (non-hydrogen) atoms. The largest absolute Gasteiger partial charge is 0.486 e. The van der Waals surface area contributed by atoms with E-state index in [1.165, 1.54) is 13.0 Å². The molecule has 1 fully saturated rings. The molecule has 0 bridgehead atoms. The summed E-state index contributed by atoms with van der Waals surface area (Å²) in [7, 11) is 0. The maximum absolute atomic E-state index is 13.3. The number of ketones is 1. The Morgan fingerprint density at radius 3 is 2.58 bits per heavy atom. The van der Waals surface area contributed by atoms with Crippen molar-refractivity contribution < 1.29 is 29.0 Å². The first-order valence-electron chi connectivity index (χ1n) is 10.3. The van der Waals surface area contributed by atoms with Gasteiger partial charge in [-0.3, -0.25) is 14.4 Å². The number of carbonyl (C=O) groups excluding carboxylic acids is 3. The number of nitrogens with zero attached hydrogens (tertiary/aromatic N) is 2. The minimum Gasteiger partial charge on any atom is -0.486 e. The SMILES string of the molecule is CC(=O)Nc1sc(C(=O)O)c(C)c1C(=O)N1CCC2(CC1)CC(=O)c1cc(C#N)ccc1O2. The second-order valence-electron chi connectivity index (χ2n) is 8.25. The number of benzene rings is 1. The molecule has 0 unspecified atom stereocenters. The van der Waals surface area contributed by atoms with E-state index < -0.39 is 17.5 Å². The fourth-order valence-corrected chi connectivity index (χ4v) is 5.42. The topological polar surface area (TPSA) is 137 Å². The molecule has 10 heteroatoms. The summed E-state index contributed by atoms with van der Waals surface area (Å²) >= 11 is 0.861. The van der Waals surface area contributed by atoms with E-state index >= 15 is 0 Å². The van der Waals surface area contributed by atoms with Crippen molar-refractivity contribution in [3.05, 3.63) is 45.3 Å². The highest BCUT2D eigenvalue weighted by molar-refractivity contribution is 7.18. The minimum absolute atomic E-state index is 0.00476. The molecule has 0 radical (unpaired) electrons. The van der Waals surface area contributed by atoms with E-state index in [1.54, 1.807) is 24.0 Å². The molecule has 1 aromatic carbocycles. The van der Waals surface area contributed by atoms with Crippen LogP contribution in [0.4, 0.5) is 5.00 Å². The molecule has 2 amide bonds. The number of aromatic carboxylic acids is 1. The lowest BCUT2D eigenvalue weighted by Gasteiger charge is -2.44. The van der Waals surface area contributed by atoms with Crippen LogP contribution in [0.2, 0.25) is 0 Å². The number of piperidine rings is 1. The van der Waals surface area contributed by atoms with Crippen molar-refractivity contribution in [2.24, 2.45) is 0 Å². The molecule has 1 saturated heterocycles. The molecular formula is C23H21N3O6S. The van der Waals surface area contributed by atoms with Gasteiger partial charge < -0.3 is 20.1 Å². The standard InChI is InChI=1S/C23H21N3O6S/c1-12-18(20(25-13(2)27)33-19(12)22(30)31)21(29)26-7-5-23(6-8-26)10-16(28)15-9-14(11-24)3-4-17(15)32-23/h3-4,9H,5-8,10H2,1-2H3,(H,25,27)(H,30,31). The first-order valence-corrected chi connectivity index (χ1v) is 11.2. The summed E-state index contributed by atoms with van der Waals surface area (Å²) in [6, 6.07) is 6.79. The number of carbonyl (C=O) groups is 4. The van der Waals surface area contributed by atoms with Crippen molar-refractivity contribution in [1.82, 2.24) is 4.90 Å². The van der Waals surface area contributed by atoms with Gasteiger partial charge in [0.1, 0.15) is 21.2 Å². The Balaban J connectivity index is 1.54. The van der Waals surface area contributed by atoms with Crippen LogP contribution >= 0.6 is 11.3 Å². The van der Waals surface area contributed by atoms with Crippen molar-refractivity contribution in [2.75, 3.05) is 18.4 Å². The Morgan fingerprint density at radius 2 is 1.97 bits per heavy atom. The van der Waals surface area contributed by atoms with E-state index in [-0.39, 0.29) is 33.6 Å². The van der Waals surface area contributed by atoms with Crippen LogP contribution < -0.4 is 10.1 Å². The fourth-order valence-electron chi connectivity index (χ4n) is 4.34. The van der Waals surface area contributed by atoms with Crippen LogP contribution in [0.3, 0.4) is 0 Å². The first kappa shape index (κ1) is 22.5. The number of thiophene rings is 1. The molecule has 0 saturated carbocycles. The lowest BCUT2D eigenvalue weighted by molar-refractivity contribution is -0.114. The van der Waals surface area contributed by atoms with Crippen LogP contribution in [0.1, 0.15) is 67.7 Å². The number of ether oxygens (including phenoxy) is 1. The molecule has 1 spiro atoms. The third-order valence-corrected chi connectivity index (χ3v) is 7.22. The Bertz CT molecular complexity index is 1230. The number of nitrogens with one attached hydrogen (secondary N) is 1. The molecule has 2 aliphatic heterocycles. The van der Waals surface area contributed by atoms with Gasteiger partial charge in [0.2, 0.25) is 5.91 Å². The average Bonchev–Trinajstić information content (AvgIpc) is 3.09. The number of carboxylic acid groups (broad SMARTS) is 1. The molecule has 2 N–H and O–H groups in total. The van der Waals surface area contributed by atoms with E-state index in [9.17, 15) is 24.3 Å². The van der Waals surface area contributed by atoms with Crippen molar-refractivity contribution in [3.8, 4) is 11.8 Å². The molecule has 0 aliphatic carbocycles. The average molecular weight is 468 g/mol. The highest BCUT2D eigenvalue weighted by atomic mass is 32.1. The van der Waals surface area contributed by atoms with Gasteiger partial charge in [0.15, 0.2) is 5.78 Å². The Labute approximate surface area is 193 Å².